The lowest BCUT2D eigenvalue weighted by Gasteiger charge is -2.38. The number of carbonyl (C=O) groups excluding carboxylic acids is 2. The molecule has 9 heteroatoms. The van der Waals surface area contributed by atoms with E-state index in [9.17, 15) is 24.9 Å². The molecule has 2 fully saturated rings. The van der Waals surface area contributed by atoms with Crippen LogP contribution in [0.25, 0.3) is 0 Å². The van der Waals surface area contributed by atoms with E-state index >= 15 is 0 Å². The number of esters is 1. The summed E-state index contributed by atoms with van der Waals surface area (Å²) in [5.41, 5.74) is 0.639. The molecule has 0 radical (unpaired) electrons. The second-order valence-corrected chi connectivity index (χ2v) is 9.29. The summed E-state index contributed by atoms with van der Waals surface area (Å²) in [7, 11) is 0. The van der Waals surface area contributed by atoms with E-state index in [0.29, 0.717) is 17.7 Å². The fourth-order valence-electron chi connectivity index (χ4n) is 4.18. The van der Waals surface area contributed by atoms with Gasteiger partial charge in [-0.2, -0.15) is 0 Å². The standard InChI is InChI=1S/C25H35NO8/c1-14(10-21(28)26-12-22(29)33-18-7-5-4-6-8-18)9-19-24(31)23(30)17(13-32-19)11-20-25(34-20)15(2)16(3)27/h4-8,10,15-17,19-20,23-25,27,30-31H,9,11-13H2,1-3H3,(H,26,28)/b14-10+/t15-,16-,17-,19-,20-,23+,24-,25-/m0/s1. The number of aliphatic hydroxyl groups excluding tert-OH is 3. The van der Waals surface area contributed by atoms with Crippen LogP contribution in [0.3, 0.4) is 0 Å². The lowest BCUT2D eigenvalue weighted by Crippen LogP contribution is -2.50. The van der Waals surface area contributed by atoms with Crippen LogP contribution in [-0.2, 0) is 19.1 Å². The summed E-state index contributed by atoms with van der Waals surface area (Å²) >= 11 is 0. The molecule has 0 saturated carbocycles. The number of hydrogen-bond donors (Lipinski definition) is 4. The van der Waals surface area contributed by atoms with E-state index in [1.165, 1.54) is 6.08 Å². The first-order valence-corrected chi connectivity index (χ1v) is 11.7. The summed E-state index contributed by atoms with van der Waals surface area (Å²) in [5, 5.41) is 33.3. The van der Waals surface area contributed by atoms with Gasteiger partial charge in [0.25, 0.3) is 0 Å². The van der Waals surface area contributed by atoms with Crippen LogP contribution in [-0.4, -0.2) is 77.0 Å². The van der Waals surface area contributed by atoms with Gasteiger partial charge in [-0.25, -0.2) is 4.79 Å². The summed E-state index contributed by atoms with van der Waals surface area (Å²) in [6.07, 6.45) is -1.16. The van der Waals surface area contributed by atoms with Gasteiger partial charge in [-0.15, -0.1) is 0 Å². The van der Waals surface area contributed by atoms with E-state index in [1.807, 2.05) is 6.92 Å². The van der Waals surface area contributed by atoms with Crippen LogP contribution in [0.5, 0.6) is 5.75 Å². The Morgan fingerprint density at radius 3 is 2.56 bits per heavy atom. The van der Waals surface area contributed by atoms with E-state index in [-0.39, 0.29) is 43.6 Å². The average Bonchev–Trinajstić information content (AvgIpc) is 3.56. The van der Waals surface area contributed by atoms with Crippen molar-refractivity contribution in [1.82, 2.24) is 5.32 Å². The molecule has 9 nitrogen and oxygen atoms in total. The van der Waals surface area contributed by atoms with Crippen molar-refractivity contribution in [3.63, 3.8) is 0 Å². The molecule has 8 atom stereocenters. The van der Waals surface area contributed by atoms with E-state index in [1.54, 1.807) is 44.2 Å². The highest BCUT2D eigenvalue weighted by Crippen LogP contribution is 2.38. The van der Waals surface area contributed by atoms with E-state index in [4.69, 9.17) is 14.2 Å². The summed E-state index contributed by atoms with van der Waals surface area (Å²) in [4.78, 5) is 24.0. The molecule has 188 valence electrons. The minimum absolute atomic E-state index is 0.00320. The van der Waals surface area contributed by atoms with Crippen molar-refractivity contribution in [2.75, 3.05) is 13.2 Å². The zero-order valence-electron chi connectivity index (χ0n) is 19.8. The molecule has 0 aliphatic carbocycles. The first kappa shape index (κ1) is 26.3. The summed E-state index contributed by atoms with van der Waals surface area (Å²) in [5.74, 6) is -0.921. The normalized spacial score (nSPS) is 30.8. The van der Waals surface area contributed by atoms with Crippen molar-refractivity contribution in [1.29, 1.82) is 0 Å². The molecule has 4 N–H and O–H groups in total. The second-order valence-electron chi connectivity index (χ2n) is 9.29. The predicted octanol–water partition coefficient (Wildman–Crippen LogP) is 0.956. The molecule has 0 unspecified atom stereocenters. The molecule has 2 aliphatic rings. The van der Waals surface area contributed by atoms with Gasteiger partial charge in [0.15, 0.2) is 0 Å². The molecular weight excluding hydrogens is 442 g/mol. The van der Waals surface area contributed by atoms with Crippen molar-refractivity contribution in [3.8, 4) is 5.75 Å². The molecule has 0 aromatic heterocycles. The Morgan fingerprint density at radius 1 is 1.18 bits per heavy atom. The maximum absolute atomic E-state index is 12.1. The smallest absolute Gasteiger partial charge is 0.330 e. The van der Waals surface area contributed by atoms with Gasteiger partial charge in [0.05, 0.1) is 37.1 Å². The number of carbonyl (C=O) groups is 2. The largest absolute Gasteiger partial charge is 0.425 e. The van der Waals surface area contributed by atoms with Crippen molar-refractivity contribution < 1.29 is 39.1 Å². The predicted molar refractivity (Wildman–Crippen MR) is 123 cm³/mol. The number of nitrogens with one attached hydrogen (secondary N) is 1. The molecule has 0 bridgehead atoms. The van der Waals surface area contributed by atoms with Crippen LogP contribution in [0.2, 0.25) is 0 Å². The van der Waals surface area contributed by atoms with Gasteiger partial charge in [0.2, 0.25) is 5.91 Å². The van der Waals surface area contributed by atoms with Gasteiger partial charge in [-0.05, 0) is 38.8 Å². The zero-order valence-corrected chi connectivity index (χ0v) is 19.8. The SMILES string of the molecule is C/C(=C\C(=O)NCC(=O)Oc1ccccc1)C[C@@H]1OC[C@H](C[C@@H]2O[C@H]2[C@@H](C)[C@H](C)O)[C@@H](O)[C@H]1O. The molecule has 34 heavy (non-hydrogen) atoms. The lowest BCUT2D eigenvalue weighted by molar-refractivity contribution is -0.165. The Hall–Kier alpha value is -2.30. The average molecular weight is 478 g/mol. The van der Waals surface area contributed by atoms with Gasteiger partial charge < -0.3 is 34.8 Å². The fraction of sp³-hybridized carbons (Fsp3) is 0.600. The molecule has 3 rings (SSSR count). The fourth-order valence-corrected chi connectivity index (χ4v) is 4.18. The summed E-state index contributed by atoms with van der Waals surface area (Å²) < 4.78 is 16.6. The number of aliphatic hydroxyl groups is 3. The van der Waals surface area contributed by atoms with E-state index < -0.39 is 36.3 Å². The molecule has 2 heterocycles. The summed E-state index contributed by atoms with van der Waals surface area (Å²) in [6, 6.07) is 8.57. The van der Waals surface area contributed by atoms with Crippen molar-refractivity contribution in [3.05, 3.63) is 42.0 Å². The van der Waals surface area contributed by atoms with Crippen molar-refractivity contribution >= 4 is 11.9 Å². The van der Waals surface area contributed by atoms with Gasteiger partial charge in [-0.1, -0.05) is 30.7 Å². The van der Waals surface area contributed by atoms with Crippen LogP contribution in [0.15, 0.2) is 42.0 Å². The van der Waals surface area contributed by atoms with Gasteiger partial charge in [0.1, 0.15) is 18.4 Å². The van der Waals surface area contributed by atoms with Crippen LogP contribution < -0.4 is 10.1 Å². The minimum Gasteiger partial charge on any atom is -0.425 e. The highest BCUT2D eigenvalue weighted by molar-refractivity contribution is 5.90. The van der Waals surface area contributed by atoms with Crippen molar-refractivity contribution in [2.24, 2.45) is 11.8 Å². The third-order valence-electron chi connectivity index (χ3n) is 6.46. The zero-order chi connectivity index (χ0) is 24.8. The lowest BCUT2D eigenvalue weighted by atomic mass is 9.85. The first-order valence-electron chi connectivity index (χ1n) is 11.7. The number of para-hydroxylation sites is 1. The molecule has 0 spiro atoms. The number of epoxide rings is 1. The molecule has 1 amide bonds. The maximum atomic E-state index is 12.1. The molecule has 2 aliphatic heterocycles. The highest BCUT2D eigenvalue weighted by Gasteiger charge is 2.48. The van der Waals surface area contributed by atoms with Crippen LogP contribution in [0, 0.1) is 11.8 Å². The third-order valence-corrected chi connectivity index (χ3v) is 6.46. The Labute approximate surface area is 199 Å². The van der Waals surface area contributed by atoms with Gasteiger partial charge >= 0.3 is 5.97 Å². The molecule has 1 aromatic carbocycles. The summed E-state index contributed by atoms with van der Waals surface area (Å²) in [6.45, 7) is 5.35. The number of hydrogen-bond acceptors (Lipinski definition) is 8. The van der Waals surface area contributed by atoms with Crippen LogP contribution in [0.4, 0.5) is 0 Å². The third kappa shape index (κ3) is 7.35. The number of benzene rings is 1. The minimum atomic E-state index is -1.10. The number of ether oxygens (including phenoxy) is 3. The maximum Gasteiger partial charge on any atom is 0.330 e. The monoisotopic (exact) mass is 477 g/mol. The van der Waals surface area contributed by atoms with Crippen LogP contribution in [0.1, 0.15) is 33.6 Å². The van der Waals surface area contributed by atoms with Crippen molar-refractivity contribution in [2.45, 2.75) is 70.2 Å². The van der Waals surface area contributed by atoms with E-state index in [2.05, 4.69) is 5.32 Å². The Kier molecular flexibility index (Phi) is 9.21. The highest BCUT2D eigenvalue weighted by atomic mass is 16.6. The van der Waals surface area contributed by atoms with Gasteiger partial charge in [-0.3, -0.25) is 4.79 Å². The molecule has 2 saturated heterocycles. The van der Waals surface area contributed by atoms with Gasteiger partial charge in [0, 0.05) is 17.9 Å². The number of amides is 1. The second kappa shape index (κ2) is 11.9. The molecular formula is C25H35NO8. The molecule has 1 aromatic rings. The Balaban J connectivity index is 1.41. The van der Waals surface area contributed by atoms with E-state index in [0.717, 1.165) is 0 Å². The number of rotatable bonds is 10. The Morgan fingerprint density at radius 2 is 1.88 bits per heavy atom. The Bertz CT molecular complexity index is 858. The van der Waals surface area contributed by atoms with Crippen LogP contribution >= 0.6 is 0 Å². The topological polar surface area (TPSA) is 138 Å². The quantitative estimate of drug-likeness (QED) is 0.169. The first-order chi connectivity index (χ1) is 16.2.